The van der Waals surface area contributed by atoms with E-state index in [1.54, 1.807) is 44.2 Å². The summed E-state index contributed by atoms with van der Waals surface area (Å²) < 4.78 is 22.4. The standard InChI is InChI=1S/C31H28O7/c1-16(2)20(9)35-27-13-23(36-29(32)17(3)4)11-21-10-22-12-24(37-30(33)18(5)6)14-28(26(22)15-25(21)27)38-31(34)19(7)8/h10-15H,1,3,5,7,9H2,2,4,6,8H3. The minimum absolute atomic E-state index is 0.143. The van der Waals surface area contributed by atoms with Crippen molar-refractivity contribution in [2.75, 3.05) is 0 Å². The normalized spacial score (nSPS) is 10.4. The number of ether oxygens (including phenoxy) is 4. The zero-order chi connectivity index (χ0) is 28.3. The Labute approximate surface area is 220 Å². The van der Waals surface area contributed by atoms with E-state index in [4.69, 9.17) is 18.9 Å². The van der Waals surface area contributed by atoms with Crippen molar-refractivity contribution >= 4 is 39.5 Å². The lowest BCUT2D eigenvalue weighted by molar-refractivity contribution is -0.131. The molecule has 194 valence electrons. The van der Waals surface area contributed by atoms with E-state index in [2.05, 4.69) is 32.9 Å². The van der Waals surface area contributed by atoms with Crippen LogP contribution in [0.25, 0.3) is 21.5 Å². The van der Waals surface area contributed by atoms with E-state index < -0.39 is 17.9 Å². The predicted molar refractivity (Wildman–Crippen MR) is 147 cm³/mol. The third kappa shape index (κ3) is 6.25. The average molecular weight is 513 g/mol. The molecule has 0 aliphatic carbocycles. The van der Waals surface area contributed by atoms with Gasteiger partial charge in [0.15, 0.2) is 0 Å². The molecule has 0 aliphatic rings. The van der Waals surface area contributed by atoms with E-state index in [-0.39, 0.29) is 34.0 Å². The first-order valence-corrected chi connectivity index (χ1v) is 11.5. The van der Waals surface area contributed by atoms with Crippen LogP contribution >= 0.6 is 0 Å². The van der Waals surface area contributed by atoms with E-state index in [9.17, 15) is 14.4 Å². The first-order valence-electron chi connectivity index (χ1n) is 11.5. The van der Waals surface area contributed by atoms with Crippen molar-refractivity contribution in [2.24, 2.45) is 0 Å². The molecule has 0 unspecified atom stereocenters. The molecule has 3 aromatic rings. The number of carbonyl (C=O) groups excluding carboxylic acids is 3. The van der Waals surface area contributed by atoms with Gasteiger partial charge in [-0.05, 0) is 68.3 Å². The summed E-state index contributed by atoms with van der Waals surface area (Å²) >= 11 is 0. The third-order valence-corrected chi connectivity index (χ3v) is 5.27. The van der Waals surface area contributed by atoms with Gasteiger partial charge >= 0.3 is 17.9 Å². The van der Waals surface area contributed by atoms with Crippen LogP contribution in [0, 0.1) is 0 Å². The zero-order valence-corrected chi connectivity index (χ0v) is 21.9. The molecule has 0 bridgehead atoms. The Morgan fingerprint density at radius 2 is 0.895 bits per heavy atom. The largest absolute Gasteiger partial charge is 0.457 e. The molecule has 38 heavy (non-hydrogen) atoms. The highest BCUT2D eigenvalue weighted by molar-refractivity contribution is 6.06. The Bertz CT molecular complexity index is 1470. The van der Waals surface area contributed by atoms with Gasteiger partial charge in [0.2, 0.25) is 0 Å². The summed E-state index contributed by atoms with van der Waals surface area (Å²) in [5, 5.41) is 2.32. The summed E-state index contributed by atoms with van der Waals surface area (Å²) in [6.07, 6.45) is 0. The van der Waals surface area contributed by atoms with Crippen LogP contribution in [0.15, 0.2) is 97.3 Å². The smallest absolute Gasteiger partial charge is 0.338 e. The summed E-state index contributed by atoms with van der Waals surface area (Å²) in [5.41, 5.74) is 1.22. The van der Waals surface area contributed by atoms with Gasteiger partial charge in [0.25, 0.3) is 0 Å². The molecule has 0 atom stereocenters. The first-order chi connectivity index (χ1) is 17.8. The van der Waals surface area contributed by atoms with Gasteiger partial charge in [-0.1, -0.05) is 32.9 Å². The fourth-order valence-electron chi connectivity index (χ4n) is 3.19. The van der Waals surface area contributed by atoms with E-state index in [1.165, 1.54) is 19.9 Å². The molecule has 0 radical (unpaired) electrons. The highest BCUT2D eigenvalue weighted by atomic mass is 16.5. The molecular formula is C31H28O7. The molecule has 3 aromatic carbocycles. The number of allylic oxidation sites excluding steroid dienone is 1. The minimum atomic E-state index is -0.649. The second kappa shape index (κ2) is 11.0. The van der Waals surface area contributed by atoms with Crippen molar-refractivity contribution in [3.8, 4) is 23.0 Å². The first kappa shape index (κ1) is 27.7. The van der Waals surface area contributed by atoms with Gasteiger partial charge in [0.05, 0.1) is 0 Å². The highest BCUT2D eigenvalue weighted by Crippen LogP contribution is 2.40. The molecule has 0 saturated heterocycles. The van der Waals surface area contributed by atoms with Crippen LogP contribution in [0.3, 0.4) is 0 Å². The monoisotopic (exact) mass is 512 g/mol. The Hall–Kier alpha value is -4.91. The maximum Gasteiger partial charge on any atom is 0.338 e. The quantitative estimate of drug-likeness (QED) is 0.0769. The number of hydrogen-bond acceptors (Lipinski definition) is 7. The maximum atomic E-state index is 12.4. The van der Waals surface area contributed by atoms with Gasteiger partial charge in [0, 0.05) is 39.6 Å². The molecular weight excluding hydrogens is 484 g/mol. The Balaban J connectivity index is 2.31. The number of fused-ring (bicyclic) bond motifs is 2. The number of esters is 3. The summed E-state index contributed by atoms with van der Waals surface area (Å²) in [4.78, 5) is 36.8. The van der Waals surface area contributed by atoms with Crippen LogP contribution in [0.4, 0.5) is 0 Å². The second-order valence-electron chi connectivity index (χ2n) is 8.95. The minimum Gasteiger partial charge on any atom is -0.457 e. The van der Waals surface area contributed by atoms with Crippen molar-refractivity contribution in [2.45, 2.75) is 27.7 Å². The SMILES string of the molecule is C=C(C)C(=C)Oc1cc(OC(=O)C(=C)C)cc2cc3cc(OC(=O)C(=C)C)cc(OC(=O)C(=C)C)c3cc12. The fraction of sp³-hybridized carbons (Fsp3) is 0.129. The summed E-state index contributed by atoms with van der Waals surface area (Å²) in [6.45, 7) is 24.9. The molecule has 7 nitrogen and oxygen atoms in total. The van der Waals surface area contributed by atoms with Crippen LogP contribution in [-0.2, 0) is 14.4 Å². The van der Waals surface area contributed by atoms with Crippen LogP contribution in [0.2, 0.25) is 0 Å². The van der Waals surface area contributed by atoms with Crippen LogP contribution in [0.5, 0.6) is 23.0 Å². The Morgan fingerprint density at radius 3 is 1.29 bits per heavy atom. The molecule has 0 fully saturated rings. The van der Waals surface area contributed by atoms with Crippen molar-refractivity contribution in [1.29, 1.82) is 0 Å². The molecule has 3 rings (SSSR count). The Morgan fingerprint density at radius 1 is 0.500 bits per heavy atom. The lowest BCUT2D eigenvalue weighted by atomic mass is 10.0. The molecule has 0 aliphatic heterocycles. The van der Waals surface area contributed by atoms with Gasteiger partial charge in [-0.25, -0.2) is 14.4 Å². The predicted octanol–water partition coefficient (Wildman–Crippen LogP) is 6.91. The van der Waals surface area contributed by atoms with Gasteiger partial charge in [-0.2, -0.15) is 0 Å². The Kier molecular flexibility index (Phi) is 8.01. The maximum absolute atomic E-state index is 12.4. The third-order valence-electron chi connectivity index (χ3n) is 5.27. The molecule has 0 saturated carbocycles. The second-order valence-corrected chi connectivity index (χ2v) is 8.95. The molecule has 0 aromatic heterocycles. The van der Waals surface area contributed by atoms with E-state index in [0.717, 1.165) is 0 Å². The fourth-order valence-corrected chi connectivity index (χ4v) is 3.19. The highest BCUT2D eigenvalue weighted by Gasteiger charge is 2.18. The van der Waals surface area contributed by atoms with Crippen LogP contribution < -0.4 is 18.9 Å². The molecule has 0 heterocycles. The van der Waals surface area contributed by atoms with Crippen molar-refractivity contribution in [1.82, 2.24) is 0 Å². The van der Waals surface area contributed by atoms with Crippen molar-refractivity contribution in [3.05, 3.63) is 97.3 Å². The van der Waals surface area contributed by atoms with Gasteiger partial charge < -0.3 is 18.9 Å². The van der Waals surface area contributed by atoms with Gasteiger partial charge in [0.1, 0.15) is 28.8 Å². The lowest BCUT2D eigenvalue weighted by Gasteiger charge is -2.16. The van der Waals surface area contributed by atoms with Crippen molar-refractivity contribution in [3.63, 3.8) is 0 Å². The molecule has 0 spiro atoms. The molecule has 0 N–H and O–H groups in total. The number of rotatable bonds is 9. The van der Waals surface area contributed by atoms with E-state index in [0.29, 0.717) is 38.6 Å². The molecule has 7 heteroatoms. The lowest BCUT2D eigenvalue weighted by Crippen LogP contribution is -2.10. The van der Waals surface area contributed by atoms with Crippen molar-refractivity contribution < 1.29 is 33.3 Å². The van der Waals surface area contributed by atoms with E-state index >= 15 is 0 Å². The summed E-state index contributed by atoms with van der Waals surface area (Å²) in [5.74, 6) is -0.737. The number of hydrogen-bond donors (Lipinski definition) is 0. The zero-order valence-electron chi connectivity index (χ0n) is 21.9. The number of carbonyl (C=O) groups is 3. The van der Waals surface area contributed by atoms with Crippen LogP contribution in [-0.4, -0.2) is 17.9 Å². The van der Waals surface area contributed by atoms with E-state index in [1.807, 2.05) is 0 Å². The summed E-state index contributed by atoms with van der Waals surface area (Å²) in [7, 11) is 0. The van der Waals surface area contributed by atoms with Gasteiger partial charge in [-0.15, -0.1) is 0 Å². The van der Waals surface area contributed by atoms with Gasteiger partial charge in [-0.3, -0.25) is 0 Å². The average Bonchev–Trinajstić information content (AvgIpc) is 2.82. The topological polar surface area (TPSA) is 88.1 Å². The number of benzene rings is 3. The molecule has 0 amide bonds. The van der Waals surface area contributed by atoms with Crippen LogP contribution in [0.1, 0.15) is 27.7 Å². The summed E-state index contributed by atoms with van der Waals surface area (Å²) in [6, 6.07) is 9.76.